The summed E-state index contributed by atoms with van der Waals surface area (Å²) in [5, 5.41) is 14.6. The molecule has 4 rings (SSSR count). The first-order valence-corrected chi connectivity index (χ1v) is 13.0. The largest absolute Gasteiger partial charge is 0.480 e. The summed E-state index contributed by atoms with van der Waals surface area (Å²) in [6, 6.07) is 21.4. The van der Waals surface area contributed by atoms with Crippen molar-refractivity contribution in [3.8, 4) is 0 Å². The molecule has 190 valence electrons. The third kappa shape index (κ3) is 9.11. The molecule has 6 nitrogen and oxygen atoms in total. The van der Waals surface area contributed by atoms with Gasteiger partial charge in [-0.1, -0.05) is 74.5 Å². The van der Waals surface area contributed by atoms with E-state index in [4.69, 9.17) is 5.11 Å². The molecule has 0 spiro atoms. The Balaban J connectivity index is 0.000000199. The van der Waals surface area contributed by atoms with E-state index in [0.29, 0.717) is 12.5 Å². The first-order chi connectivity index (χ1) is 16.9. The van der Waals surface area contributed by atoms with Crippen LogP contribution in [-0.2, 0) is 22.6 Å². The molecule has 2 saturated heterocycles. The van der Waals surface area contributed by atoms with E-state index in [1.54, 1.807) is 0 Å². The van der Waals surface area contributed by atoms with E-state index in [1.807, 2.05) is 13.8 Å². The predicted molar refractivity (Wildman–Crippen MR) is 140 cm³/mol. The van der Waals surface area contributed by atoms with Crippen LogP contribution >= 0.6 is 0 Å². The fraction of sp³-hybridized carbons (Fsp3) is 0.517. The summed E-state index contributed by atoms with van der Waals surface area (Å²) in [6.45, 7) is 7.05. The molecule has 6 heteroatoms. The maximum Gasteiger partial charge on any atom is 0.326 e. The number of carboxylic acids is 1. The molecule has 2 aromatic rings. The minimum atomic E-state index is -0.958. The molecule has 35 heavy (non-hydrogen) atoms. The van der Waals surface area contributed by atoms with Crippen LogP contribution in [0.1, 0.15) is 57.1 Å². The molecule has 0 aliphatic carbocycles. The van der Waals surface area contributed by atoms with Crippen LogP contribution in [-0.4, -0.2) is 53.1 Å². The molecule has 1 amide bonds. The highest BCUT2D eigenvalue weighted by molar-refractivity contribution is 5.87. The van der Waals surface area contributed by atoms with Crippen LogP contribution in [0.2, 0.25) is 0 Å². The highest BCUT2D eigenvalue weighted by atomic mass is 16.4. The lowest BCUT2D eigenvalue weighted by molar-refractivity contribution is -0.142. The fourth-order valence-corrected chi connectivity index (χ4v) is 4.91. The number of nitrogens with zero attached hydrogens (tertiary/aromatic N) is 1. The van der Waals surface area contributed by atoms with Crippen LogP contribution in [0.5, 0.6) is 0 Å². The van der Waals surface area contributed by atoms with Crippen molar-refractivity contribution in [1.29, 1.82) is 0 Å². The van der Waals surface area contributed by atoms with Gasteiger partial charge in [-0.2, -0.15) is 0 Å². The zero-order valence-corrected chi connectivity index (χ0v) is 21.2. The van der Waals surface area contributed by atoms with Gasteiger partial charge in [0, 0.05) is 12.6 Å². The summed E-state index contributed by atoms with van der Waals surface area (Å²) >= 11 is 0. The van der Waals surface area contributed by atoms with Crippen LogP contribution < -0.4 is 10.6 Å². The van der Waals surface area contributed by atoms with Crippen molar-refractivity contribution in [2.75, 3.05) is 13.1 Å². The molecule has 2 aliphatic rings. The number of carbonyl (C=O) groups excluding carboxylic acids is 1. The number of hydrogen-bond donors (Lipinski definition) is 3. The maximum absolute atomic E-state index is 11.7. The Morgan fingerprint density at radius 1 is 1.00 bits per heavy atom. The van der Waals surface area contributed by atoms with Gasteiger partial charge in [-0.05, 0) is 68.7 Å². The molecule has 2 heterocycles. The lowest BCUT2D eigenvalue weighted by Crippen LogP contribution is -2.48. The van der Waals surface area contributed by atoms with Crippen molar-refractivity contribution in [3.05, 3.63) is 71.8 Å². The Labute approximate surface area is 210 Å². The van der Waals surface area contributed by atoms with Crippen molar-refractivity contribution in [2.45, 2.75) is 77.0 Å². The Morgan fingerprint density at radius 2 is 1.66 bits per heavy atom. The zero-order valence-electron chi connectivity index (χ0n) is 21.2. The maximum atomic E-state index is 11.7. The molecule has 2 aliphatic heterocycles. The van der Waals surface area contributed by atoms with Gasteiger partial charge in [-0.15, -0.1) is 0 Å². The standard InChI is InChI=1S/C18H21N.C11H20N2O3/c1-3-8-16(9-4-1)14-18-12-7-13-19(18)15-17-10-5-2-6-11-17;1-7(2)6-9(11(15)16)13-10(14)8-4-3-5-12-8/h1-6,8-11,18H,7,12-15H2;7-9,12H,3-6H2,1-2H3,(H,13,14)(H,15,16)/t;8-,9-/m.0/s1. The average molecular weight is 480 g/mol. The summed E-state index contributed by atoms with van der Waals surface area (Å²) in [5.41, 5.74) is 2.90. The molecule has 3 atom stereocenters. The summed E-state index contributed by atoms with van der Waals surface area (Å²) in [5.74, 6) is -0.900. The molecular weight excluding hydrogens is 438 g/mol. The molecule has 0 radical (unpaired) electrons. The van der Waals surface area contributed by atoms with Crippen LogP contribution in [0.4, 0.5) is 0 Å². The van der Waals surface area contributed by atoms with Crippen LogP contribution in [0.25, 0.3) is 0 Å². The van der Waals surface area contributed by atoms with Gasteiger partial charge >= 0.3 is 5.97 Å². The number of benzene rings is 2. The van der Waals surface area contributed by atoms with Crippen molar-refractivity contribution < 1.29 is 14.7 Å². The third-order valence-electron chi connectivity index (χ3n) is 6.74. The summed E-state index contributed by atoms with van der Waals surface area (Å²) in [7, 11) is 0. The number of carbonyl (C=O) groups is 2. The molecule has 3 N–H and O–H groups in total. The number of hydrogen-bond acceptors (Lipinski definition) is 4. The summed E-state index contributed by atoms with van der Waals surface area (Å²) in [6.07, 6.45) is 6.09. The zero-order chi connectivity index (χ0) is 25.0. The van der Waals surface area contributed by atoms with Crippen molar-refractivity contribution in [3.63, 3.8) is 0 Å². The minimum Gasteiger partial charge on any atom is -0.480 e. The Hall–Kier alpha value is -2.70. The van der Waals surface area contributed by atoms with E-state index in [1.165, 1.54) is 36.9 Å². The highest BCUT2D eigenvalue weighted by Gasteiger charge is 2.27. The SMILES string of the molecule is CC(C)C[C@H](NC(=O)[C@@H]1CCCN1)C(=O)O.c1ccc(CC2CCCN2Cc2ccccc2)cc1. The van der Waals surface area contributed by atoms with Gasteiger partial charge in [0.15, 0.2) is 0 Å². The van der Waals surface area contributed by atoms with Gasteiger partial charge in [-0.3, -0.25) is 9.69 Å². The van der Waals surface area contributed by atoms with Gasteiger partial charge in [0.1, 0.15) is 6.04 Å². The number of amides is 1. The summed E-state index contributed by atoms with van der Waals surface area (Å²) < 4.78 is 0. The van der Waals surface area contributed by atoms with E-state index < -0.39 is 12.0 Å². The lowest BCUT2D eigenvalue weighted by atomic mass is 10.0. The normalized spacial score (nSPS) is 20.8. The van der Waals surface area contributed by atoms with Gasteiger partial charge < -0.3 is 15.7 Å². The molecule has 2 fully saturated rings. The van der Waals surface area contributed by atoms with Gasteiger partial charge in [0.2, 0.25) is 5.91 Å². The second kappa shape index (κ2) is 14.0. The molecule has 0 saturated carbocycles. The van der Waals surface area contributed by atoms with E-state index in [9.17, 15) is 9.59 Å². The van der Waals surface area contributed by atoms with Crippen molar-refractivity contribution in [1.82, 2.24) is 15.5 Å². The first kappa shape index (κ1) is 26.9. The number of aliphatic carboxylic acids is 1. The molecule has 0 aromatic heterocycles. The smallest absolute Gasteiger partial charge is 0.326 e. The topological polar surface area (TPSA) is 81.7 Å². The van der Waals surface area contributed by atoms with E-state index in [2.05, 4.69) is 76.2 Å². The van der Waals surface area contributed by atoms with Gasteiger partial charge in [-0.25, -0.2) is 4.79 Å². The predicted octanol–water partition coefficient (Wildman–Crippen LogP) is 4.25. The second-order valence-electron chi connectivity index (χ2n) is 10.1. The lowest BCUT2D eigenvalue weighted by Gasteiger charge is -2.24. The number of carboxylic acid groups (broad SMARTS) is 1. The molecule has 0 bridgehead atoms. The first-order valence-electron chi connectivity index (χ1n) is 13.0. The number of nitrogens with one attached hydrogen (secondary N) is 2. The van der Waals surface area contributed by atoms with E-state index >= 15 is 0 Å². The Morgan fingerprint density at radius 3 is 2.23 bits per heavy atom. The average Bonchev–Trinajstić information content (AvgIpc) is 3.53. The van der Waals surface area contributed by atoms with E-state index in [-0.39, 0.29) is 17.9 Å². The molecule has 2 aromatic carbocycles. The Bertz CT molecular complexity index is 850. The van der Waals surface area contributed by atoms with Crippen molar-refractivity contribution in [2.24, 2.45) is 5.92 Å². The number of likely N-dealkylation sites (tertiary alicyclic amines) is 1. The van der Waals surface area contributed by atoms with E-state index in [0.717, 1.165) is 25.9 Å². The highest BCUT2D eigenvalue weighted by Crippen LogP contribution is 2.23. The quantitative estimate of drug-likeness (QED) is 0.501. The third-order valence-corrected chi connectivity index (χ3v) is 6.74. The molecular formula is C29H41N3O3. The van der Waals surface area contributed by atoms with Crippen molar-refractivity contribution >= 4 is 11.9 Å². The van der Waals surface area contributed by atoms with Gasteiger partial charge in [0.25, 0.3) is 0 Å². The number of rotatable bonds is 9. The van der Waals surface area contributed by atoms with Crippen LogP contribution in [0, 0.1) is 5.92 Å². The fourth-order valence-electron chi connectivity index (χ4n) is 4.91. The molecule has 1 unspecified atom stereocenters. The Kier molecular flexibility index (Phi) is 10.8. The van der Waals surface area contributed by atoms with Crippen LogP contribution in [0.3, 0.4) is 0 Å². The van der Waals surface area contributed by atoms with Crippen LogP contribution in [0.15, 0.2) is 60.7 Å². The monoisotopic (exact) mass is 479 g/mol. The minimum absolute atomic E-state index is 0.189. The second-order valence-corrected chi connectivity index (χ2v) is 10.1. The summed E-state index contributed by atoms with van der Waals surface area (Å²) in [4.78, 5) is 25.3. The van der Waals surface area contributed by atoms with Gasteiger partial charge in [0.05, 0.1) is 6.04 Å².